The van der Waals surface area contributed by atoms with Crippen LogP contribution in [0.3, 0.4) is 0 Å². The fraction of sp³-hybridized carbons (Fsp3) is 0.500. The highest BCUT2D eigenvalue weighted by Crippen LogP contribution is 2.22. The van der Waals surface area contributed by atoms with Crippen molar-refractivity contribution in [1.29, 1.82) is 0 Å². The molecule has 0 aliphatic carbocycles. The Morgan fingerprint density at radius 3 is 2.40 bits per heavy atom. The van der Waals surface area contributed by atoms with Gasteiger partial charge in [0.1, 0.15) is 4.99 Å². The van der Waals surface area contributed by atoms with Gasteiger partial charge in [-0.2, -0.15) is 4.31 Å². The molecule has 0 spiro atoms. The monoisotopic (exact) mass is 314 g/mol. The summed E-state index contributed by atoms with van der Waals surface area (Å²) in [6, 6.07) is 4.96. The first-order valence-corrected chi connectivity index (χ1v) is 8.45. The molecule has 0 bridgehead atoms. The Kier molecular flexibility index (Phi) is 5.68. The molecule has 6 heteroatoms. The Morgan fingerprint density at radius 2 is 2.00 bits per heavy atom. The largest absolute Gasteiger partial charge is 0.389 e. The van der Waals surface area contributed by atoms with Crippen molar-refractivity contribution in [2.24, 2.45) is 11.7 Å². The number of hydrogen-bond donors (Lipinski definition) is 1. The van der Waals surface area contributed by atoms with Crippen molar-refractivity contribution >= 4 is 27.2 Å². The van der Waals surface area contributed by atoms with E-state index in [-0.39, 0.29) is 10.9 Å². The predicted octanol–water partition coefficient (Wildman–Crippen LogP) is 2.30. The van der Waals surface area contributed by atoms with Crippen molar-refractivity contribution in [1.82, 2.24) is 4.31 Å². The normalized spacial score (nSPS) is 12.1. The highest BCUT2D eigenvalue weighted by molar-refractivity contribution is 7.89. The molecule has 2 N–H and O–H groups in total. The quantitative estimate of drug-likeness (QED) is 0.818. The summed E-state index contributed by atoms with van der Waals surface area (Å²) in [5.41, 5.74) is 6.91. The molecule has 0 radical (unpaired) electrons. The van der Waals surface area contributed by atoms with Crippen LogP contribution < -0.4 is 5.73 Å². The van der Waals surface area contributed by atoms with Gasteiger partial charge in [0.2, 0.25) is 10.0 Å². The van der Waals surface area contributed by atoms with Crippen molar-refractivity contribution in [3.63, 3.8) is 0 Å². The summed E-state index contributed by atoms with van der Waals surface area (Å²) in [5, 5.41) is 0. The Hall–Kier alpha value is -0.980. The molecule has 0 saturated carbocycles. The van der Waals surface area contributed by atoms with Gasteiger partial charge in [0, 0.05) is 18.7 Å². The minimum atomic E-state index is -3.47. The van der Waals surface area contributed by atoms with E-state index in [0.717, 1.165) is 0 Å². The molecule has 0 aliphatic heterocycles. The van der Waals surface area contributed by atoms with Crippen molar-refractivity contribution in [3.05, 3.63) is 29.3 Å². The van der Waals surface area contributed by atoms with E-state index in [1.165, 1.54) is 4.31 Å². The third-order valence-corrected chi connectivity index (χ3v) is 5.34. The molecule has 1 rings (SSSR count). The SMILES string of the molecule is CCN(CC(C)C)S(=O)(=O)c1ccc(C(N)=S)cc1C. The Bertz CT molecular complexity index is 595. The zero-order chi connectivity index (χ0) is 15.5. The number of rotatable bonds is 6. The molecule has 4 nitrogen and oxygen atoms in total. The second kappa shape index (κ2) is 6.65. The molecule has 0 aromatic heterocycles. The highest BCUT2D eigenvalue weighted by Gasteiger charge is 2.25. The molecule has 0 heterocycles. The third-order valence-electron chi connectivity index (χ3n) is 3.00. The van der Waals surface area contributed by atoms with E-state index in [1.54, 1.807) is 25.1 Å². The molecule has 0 fully saturated rings. The first kappa shape index (κ1) is 17.1. The number of nitrogens with two attached hydrogens (primary N) is 1. The van der Waals surface area contributed by atoms with Crippen LogP contribution in [-0.2, 0) is 10.0 Å². The van der Waals surface area contributed by atoms with Crippen molar-refractivity contribution < 1.29 is 8.42 Å². The van der Waals surface area contributed by atoms with E-state index >= 15 is 0 Å². The predicted molar refractivity (Wildman–Crippen MR) is 86.3 cm³/mol. The zero-order valence-corrected chi connectivity index (χ0v) is 14.0. The van der Waals surface area contributed by atoms with Gasteiger partial charge in [-0.1, -0.05) is 39.1 Å². The number of benzene rings is 1. The average Bonchev–Trinajstić information content (AvgIpc) is 2.34. The number of sulfonamides is 1. The molecule has 1 aromatic rings. The van der Waals surface area contributed by atoms with Crippen molar-refractivity contribution in [2.45, 2.75) is 32.6 Å². The van der Waals surface area contributed by atoms with Gasteiger partial charge < -0.3 is 5.73 Å². The average molecular weight is 314 g/mol. The molecule has 0 atom stereocenters. The van der Waals surface area contributed by atoms with Crippen LogP contribution in [0, 0.1) is 12.8 Å². The number of nitrogens with zero attached hydrogens (tertiary/aromatic N) is 1. The second-order valence-corrected chi connectivity index (χ2v) is 7.54. The molecule has 20 heavy (non-hydrogen) atoms. The van der Waals surface area contributed by atoms with Crippen LogP contribution in [0.4, 0.5) is 0 Å². The molecular weight excluding hydrogens is 292 g/mol. The molecule has 0 saturated heterocycles. The van der Waals surface area contributed by atoms with Gasteiger partial charge >= 0.3 is 0 Å². The van der Waals surface area contributed by atoms with Crippen LogP contribution in [0.25, 0.3) is 0 Å². The van der Waals surface area contributed by atoms with Crippen LogP contribution in [0.5, 0.6) is 0 Å². The maximum absolute atomic E-state index is 12.7. The van der Waals surface area contributed by atoms with E-state index in [0.29, 0.717) is 29.1 Å². The number of aryl methyl sites for hydroxylation is 1. The fourth-order valence-electron chi connectivity index (χ4n) is 2.04. The van der Waals surface area contributed by atoms with Gasteiger partial charge in [-0.15, -0.1) is 0 Å². The fourth-order valence-corrected chi connectivity index (χ4v) is 3.98. The Labute approximate surface area is 127 Å². The first-order valence-electron chi connectivity index (χ1n) is 6.60. The topological polar surface area (TPSA) is 63.4 Å². The second-order valence-electron chi connectivity index (χ2n) is 5.19. The molecule has 0 aliphatic rings. The summed E-state index contributed by atoms with van der Waals surface area (Å²) in [7, 11) is -3.47. The maximum atomic E-state index is 12.7. The van der Waals surface area contributed by atoms with Gasteiger partial charge in [0.15, 0.2) is 0 Å². The van der Waals surface area contributed by atoms with Crippen LogP contribution in [0.1, 0.15) is 31.9 Å². The molecule has 112 valence electrons. The number of hydrogen-bond acceptors (Lipinski definition) is 3. The van der Waals surface area contributed by atoms with Crippen molar-refractivity contribution in [3.8, 4) is 0 Å². The lowest BCUT2D eigenvalue weighted by Crippen LogP contribution is -2.34. The van der Waals surface area contributed by atoms with E-state index in [2.05, 4.69) is 0 Å². The Morgan fingerprint density at radius 1 is 1.40 bits per heavy atom. The summed E-state index contributed by atoms with van der Waals surface area (Å²) in [6.45, 7) is 8.57. The van der Waals surface area contributed by atoms with Gasteiger partial charge in [-0.25, -0.2) is 8.42 Å². The van der Waals surface area contributed by atoms with E-state index in [9.17, 15) is 8.42 Å². The summed E-state index contributed by atoms with van der Waals surface area (Å²) >= 11 is 4.91. The Balaban J connectivity index is 3.24. The minimum absolute atomic E-state index is 0.270. The zero-order valence-electron chi connectivity index (χ0n) is 12.4. The van der Waals surface area contributed by atoms with Gasteiger partial charge in [-0.05, 0) is 30.5 Å². The summed E-state index contributed by atoms with van der Waals surface area (Å²) in [4.78, 5) is 0.589. The first-order chi connectivity index (χ1) is 9.20. The van der Waals surface area contributed by atoms with E-state index in [1.807, 2.05) is 20.8 Å². The lowest BCUT2D eigenvalue weighted by atomic mass is 10.1. The van der Waals surface area contributed by atoms with E-state index in [4.69, 9.17) is 18.0 Å². The smallest absolute Gasteiger partial charge is 0.243 e. The summed E-state index contributed by atoms with van der Waals surface area (Å²) < 4.78 is 26.8. The molecule has 1 aromatic carbocycles. The summed E-state index contributed by atoms with van der Waals surface area (Å²) in [5.74, 6) is 0.279. The third kappa shape index (κ3) is 3.77. The highest BCUT2D eigenvalue weighted by atomic mass is 32.2. The lowest BCUT2D eigenvalue weighted by Gasteiger charge is -2.23. The molecule has 0 unspecified atom stereocenters. The lowest BCUT2D eigenvalue weighted by molar-refractivity contribution is 0.380. The minimum Gasteiger partial charge on any atom is -0.389 e. The number of thiocarbonyl (C=S) groups is 1. The van der Waals surface area contributed by atoms with Crippen LogP contribution in [0.2, 0.25) is 0 Å². The van der Waals surface area contributed by atoms with E-state index < -0.39 is 10.0 Å². The molecular formula is C14H22N2O2S2. The maximum Gasteiger partial charge on any atom is 0.243 e. The summed E-state index contributed by atoms with van der Waals surface area (Å²) in [6.07, 6.45) is 0. The molecule has 0 amide bonds. The van der Waals surface area contributed by atoms with Gasteiger partial charge in [-0.3, -0.25) is 0 Å². The van der Waals surface area contributed by atoms with Crippen LogP contribution >= 0.6 is 12.2 Å². The van der Waals surface area contributed by atoms with Gasteiger partial charge in [0.05, 0.1) is 4.90 Å². The van der Waals surface area contributed by atoms with Crippen molar-refractivity contribution in [2.75, 3.05) is 13.1 Å². The van der Waals surface area contributed by atoms with Crippen LogP contribution in [-0.4, -0.2) is 30.8 Å². The standard InChI is InChI=1S/C14H22N2O2S2/c1-5-16(9-10(2)3)20(17,18)13-7-6-12(14(15)19)8-11(13)4/h6-8,10H,5,9H2,1-4H3,(H2,15,19). The van der Waals surface area contributed by atoms with Crippen LogP contribution in [0.15, 0.2) is 23.1 Å². The van der Waals surface area contributed by atoms with Gasteiger partial charge in [0.25, 0.3) is 0 Å².